The Kier molecular flexibility index (Phi) is 7.65. The van der Waals surface area contributed by atoms with Gasteiger partial charge in [-0.25, -0.2) is 0 Å². The van der Waals surface area contributed by atoms with E-state index in [4.69, 9.17) is 14.2 Å². The first-order valence-corrected chi connectivity index (χ1v) is 12.0. The van der Waals surface area contributed by atoms with Crippen LogP contribution in [0, 0.1) is 11.3 Å². The van der Waals surface area contributed by atoms with E-state index in [1.165, 1.54) is 7.11 Å². The number of hydrogen-bond donors (Lipinski definition) is 0. The molecule has 0 spiro atoms. The second kappa shape index (κ2) is 9.98. The summed E-state index contributed by atoms with van der Waals surface area (Å²) in [7, 11) is 2.99. The van der Waals surface area contributed by atoms with Gasteiger partial charge in [-0.1, -0.05) is 24.3 Å². The smallest absolute Gasteiger partial charge is 0.323 e. The molecule has 1 aromatic carbocycles. The van der Waals surface area contributed by atoms with E-state index in [-0.39, 0.29) is 22.8 Å². The number of ether oxygens (including phenoxy) is 3. The molecule has 3 aliphatic rings. The van der Waals surface area contributed by atoms with Crippen molar-refractivity contribution in [3.8, 4) is 0 Å². The zero-order valence-electron chi connectivity index (χ0n) is 21.2. The Bertz CT molecular complexity index is 932. The fourth-order valence-corrected chi connectivity index (χ4v) is 4.99. The summed E-state index contributed by atoms with van der Waals surface area (Å²) in [6, 6.07) is 7.41. The number of rotatable bonds is 8. The summed E-state index contributed by atoms with van der Waals surface area (Å²) in [4.78, 5) is 41.7. The Balaban J connectivity index is 1.73. The van der Waals surface area contributed by atoms with Gasteiger partial charge in [-0.3, -0.25) is 19.4 Å². The first-order valence-electron chi connectivity index (χ1n) is 12.0. The van der Waals surface area contributed by atoms with Gasteiger partial charge in [-0.15, -0.1) is 0 Å². The maximum atomic E-state index is 13.3. The van der Waals surface area contributed by atoms with Crippen LogP contribution in [0.25, 0.3) is 0 Å². The molecule has 1 atom stereocenters. The number of methoxy groups -OCH3 is 1. The first kappa shape index (κ1) is 26.1. The Morgan fingerprint density at radius 1 is 1.09 bits per heavy atom. The molecule has 2 bridgehead atoms. The monoisotopic (exact) mass is 471 g/mol. The van der Waals surface area contributed by atoms with Gasteiger partial charge in [0.25, 0.3) is 0 Å². The van der Waals surface area contributed by atoms with Gasteiger partial charge >= 0.3 is 11.9 Å². The normalized spacial score (nSPS) is 25.5. The molecule has 2 saturated heterocycles. The average Bonchev–Trinajstić information content (AvgIpc) is 2.82. The predicted octanol–water partition coefficient (Wildman–Crippen LogP) is 4.66. The van der Waals surface area contributed by atoms with E-state index in [2.05, 4.69) is 4.99 Å². The molecule has 1 unspecified atom stereocenters. The third-order valence-corrected chi connectivity index (χ3v) is 7.23. The minimum Gasteiger partial charge on any atom is -0.469 e. The van der Waals surface area contributed by atoms with Gasteiger partial charge in [0.15, 0.2) is 11.7 Å². The molecule has 186 valence electrons. The lowest BCUT2D eigenvalue weighted by Crippen LogP contribution is -2.49. The molecule has 1 aliphatic carbocycles. The highest BCUT2D eigenvalue weighted by molar-refractivity contribution is 6.23. The molecule has 1 saturated carbocycles. The summed E-state index contributed by atoms with van der Waals surface area (Å²) in [6.45, 7) is 7.62. The number of hydrogen-bond acceptors (Lipinski definition) is 7. The molecular formula is C27H37NO6. The average molecular weight is 472 g/mol. The Labute approximate surface area is 202 Å². The van der Waals surface area contributed by atoms with Crippen molar-refractivity contribution in [1.29, 1.82) is 0 Å². The van der Waals surface area contributed by atoms with Gasteiger partial charge in [-0.05, 0) is 70.8 Å². The largest absolute Gasteiger partial charge is 0.469 e. The topological polar surface area (TPSA) is 91.3 Å². The van der Waals surface area contributed by atoms with Gasteiger partial charge < -0.3 is 14.2 Å². The number of carbonyl (C=O) groups is 3. The van der Waals surface area contributed by atoms with Crippen molar-refractivity contribution in [3.05, 3.63) is 35.4 Å². The molecule has 7 heteroatoms. The van der Waals surface area contributed by atoms with Crippen molar-refractivity contribution in [3.63, 3.8) is 0 Å². The van der Waals surface area contributed by atoms with E-state index >= 15 is 0 Å². The van der Waals surface area contributed by atoms with Crippen LogP contribution in [0.4, 0.5) is 0 Å². The van der Waals surface area contributed by atoms with Crippen LogP contribution in [0.2, 0.25) is 0 Å². The third-order valence-electron chi connectivity index (χ3n) is 7.23. The summed E-state index contributed by atoms with van der Waals surface area (Å²) in [5.41, 5.74) is 0.896. The summed E-state index contributed by atoms with van der Waals surface area (Å²) in [5, 5.41) is 0. The fourth-order valence-electron chi connectivity index (χ4n) is 4.99. The SMILES string of the molecule is C/N=C(/C)C(C(=O)OC(C)(C)C)C(=O)c1ccc(C23CCC(CCC(=O)OC)(CC2)CO3)cc1. The standard InChI is InChI=1S/C27H37NO6/c1-18(28-5)22(24(31)34-25(2,3)4)23(30)19-7-9-20(10-8-19)27-15-13-26(14-16-27,17-33-27)12-11-21(29)32-6/h7-10,22H,11-17H2,1-6H3/b28-18-. The molecular weight excluding hydrogens is 434 g/mol. The molecule has 2 heterocycles. The lowest BCUT2D eigenvalue weighted by molar-refractivity contribution is -0.192. The van der Waals surface area contributed by atoms with Gasteiger partial charge in [0.2, 0.25) is 0 Å². The van der Waals surface area contributed by atoms with Crippen LogP contribution < -0.4 is 0 Å². The van der Waals surface area contributed by atoms with E-state index in [0.29, 0.717) is 24.3 Å². The van der Waals surface area contributed by atoms with Gasteiger partial charge in [-0.2, -0.15) is 0 Å². The van der Waals surface area contributed by atoms with Crippen LogP contribution >= 0.6 is 0 Å². The lowest BCUT2D eigenvalue weighted by atomic mass is 9.62. The Morgan fingerprint density at radius 2 is 1.71 bits per heavy atom. The van der Waals surface area contributed by atoms with Crippen LogP contribution in [0.3, 0.4) is 0 Å². The molecule has 0 aromatic heterocycles. The quantitative estimate of drug-likeness (QED) is 0.237. The maximum absolute atomic E-state index is 13.3. The van der Waals surface area contributed by atoms with Crippen molar-refractivity contribution in [2.45, 2.75) is 77.4 Å². The highest BCUT2D eigenvalue weighted by Gasteiger charge is 2.50. The summed E-state index contributed by atoms with van der Waals surface area (Å²) in [6.07, 6.45) is 4.96. The number of Topliss-reactive ketones (excluding diaryl/α,β-unsaturated/α-hetero) is 1. The van der Waals surface area contributed by atoms with Gasteiger partial charge in [0.1, 0.15) is 5.60 Å². The van der Waals surface area contributed by atoms with Crippen molar-refractivity contribution in [1.82, 2.24) is 0 Å². The minimum absolute atomic E-state index is 0.0451. The number of fused-ring (bicyclic) bond motifs is 3. The number of esters is 2. The molecule has 7 nitrogen and oxygen atoms in total. The number of aliphatic imine (C=N–C) groups is 1. The van der Waals surface area contributed by atoms with Crippen LogP contribution in [-0.2, 0) is 29.4 Å². The molecule has 1 aromatic rings. The van der Waals surface area contributed by atoms with Crippen molar-refractivity contribution >= 4 is 23.4 Å². The second-order valence-corrected chi connectivity index (χ2v) is 10.6. The zero-order valence-corrected chi connectivity index (χ0v) is 21.2. The van der Waals surface area contributed by atoms with Crippen molar-refractivity contribution in [2.75, 3.05) is 20.8 Å². The lowest BCUT2D eigenvalue weighted by Gasteiger charge is -2.53. The Hall–Kier alpha value is -2.54. The minimum atomic E-state index is -1.07. The number of ketones is 1. The van der Waals surface area contributed by atoms with E-state index in [9.17, 15) is 14.4 Å². The molecule has 2 aliphatic heterocycles. The second-order valence-electron chi connectivity index (χ2n) is 10.6. The molecule has 0 radical (unpaired) electrons. The molecule has 0 N–H and O–H groups in total. The summed E-state index contributed by atoms with van der Waals surface area (Å²) in [5.74, 6) is -2.15. The van der Waals surface area contributed by atoms with Crippen LogP contribution in [0.15, 0.2) is 29.3 Å². The van der Waals surface area contributed by atoms with Gasteiger partial charge in [0.05, 0.1) is 19.3 Å². The molecule has 4 rings (SSSR count). The van der Waals surface area contributed by atoms with E-state index in [1.54, 1.807) is 46.9 Å². The molecule has 34 heavy (non-hydrogen) atoms. The highest BCUT2D eigenvalue weighted by Crippen LogP contribution is 2.55. The van der Waals surface area contributed by atoms with Gasteiger partial charge in [0, 0.05) is 24.7 Å². The third kappa shape index (κ3) is 5.57. The molecule has 3 fully saturated rings. The van der Waals surface area contributed by atoms with Crippen molar-refractivity contribution in [2.24, 2.45) is 16.3 Å². The number of carbonyl (C=O) groups excluding carboxylic acids is 3. The molecule has 0 amide bonds. The predicted molar refractivity (Wildman–Crippen MR) is 129 cm³/mol. The van der Waals surface area contributed by atoms with E-state index < -0.39 is 17.5 Å². The van der Waals surface area contributed by atoms with Crippen LogP contribution in [0.1, 0.15) is 82.1 Å². The maximum Gasteiger partial charge on any atom is 0.323 e. The summed E-state index contributed by atoms with van der Waals surface area (Å²) >= 11 is 0. The number of benzene rings is 1. The van der Waals surface area contributed by atoms with Crippen molar-refractivity contribution < 1.29 is 28.6 Å². The zero-order chi connectivity index (χ0) is 25.1. The van der Waals surface area contributed by atoms with E-state index in [0.717, 1.165) is 37.7 Å². The van der Waals surface area contributed by atoms with E-state index in [1.807, 2.05) is 12.1 Å². The Morgan fingerprint density at radius 3 is 2.18 bits per heavy atom. The fraction of sp³-hybridized carbons (Fsp3) is 0.630. The number of nitrogens with zero attached hydrogens (tertiary/aromatic N) is 1. The van der Waals surface area contributed by atoms with Crippen LogP contribution in [-0.4, -0.2) is 49.8 Å². The summed E-state index contributed by atoms with van der Waals surface area (Å²) < 4.78 is 16.7. The first-order chi connectivity index (χ1) is 15.9. The van der Waals surface area contributed by atoms with Crippen LogP contribution in [0.5, 0.6) is 0 Å². The highest BCUT2D eigenvalue weighted by atomic mass is 16.6.